The summed E-state index contributed by atoms with van der Waals surface area (Å²) in [5.41, 5.74) is 8.06. The van der Waals surface area contributed by atoms with E-state index in [1.807, 2.05) is 56.3 Å². The highest BCUT2D eigenvalue weighted by atomic mass is 35.5. The standard InChI is InChI=1S/C16H18ClNO/c1-11-4-3-5-15(8-11)19-16-7-6-14(17)10-13(16)9-12(2)18/h3-8,10,12H,9,18H2,1-2H3. The smallest absolute Gasteiger partial charge is 0.130 e. The molecule has 1 unspecified atom stereocenters. The molecule has 0 spiro atoms. The van der Waals surface area contributed by atoms with E-state index in [0.717, 1.165) is 23.5 Å². The van der Waals surface area contributed by atoms with Gasteiger partial charge in [0.1, 0.15) is 11.5 Å². The molecule has 0 aliphatic heterocycles. The van der Waals surface area contributed by atoms with Crippen LogP contribution in [0.2, 0.25) is 5.02 Å². The molecule has 2 rings (SSSR count). The minimum absolute atomic E-state index is 0.0679. The maximum absolute atomic E-state index is 6.03. The van der Waals surface area contributed by atoms with Gasteiger partial charge in [-0.2, -0.15) is 0 Å². The van der Waals surface area contributed by atoms with Crippen molar-refractivity contribution in [3.8, 4) is 11.5 Å². The van der Waals surface area contributed by atoms with Crippen molar-refractivity contribution in [1.29, 1.82) is 0 Å². The largest absolute Gasteiger partial charge is 0.457 e. The average molecular weight is 276 g/mol. The SMILES string of the molecule is Cc1cccc(Oc2ccc(Cl)cc2CC(C)N)c1. The minimum Gasteiger partial charge on any atom is -0.457 e. The highest BCUT2D eigenvalue weighted by Crippen LogP contribution is 2.29. The molecular formula is C16H18ClNO. The molecule has 0 bridgehead atoms. The molecule has 19 heavy (non-hydrogen) atoms. The summed E-state index contributed by atoms with van der Waals surface area (Å²) in [6, 6.07) is 13.7. The lowest BCUT2D eigenvalue weighted by molar-refractivity contribution is 0.473. The summed E-state index contributed by atoms with van der Waals surface area (Å²) >= 11 is 6.03. The fraction of sp³-hybridized carbons (Fsp3) is 0.250. The van der Waals surface area contributed by atoms with E-state index in [1.54, 1.807) is 0 Å². The van der Waals surface area contributed by atoms with Crippen LogP contribution >= 0.6 is 11.6 Å². The fourth-order valence-corrected chi connectivity index (χ4v) is 2.15. The van der Waals surface area contributed by atoms with Crippen molar-refractivity contribution >= 4 is 11.6 Å². The number of benzene rings is 2. The van der Waals surface area contributed by atoms with Crippen LogP contribution in [-0.4, -0.2) is 6.04 Å². The lowest BCUT2D eigenvalue weighted by atomic mass is 10.1. The molecule has 0 saturated heterocycles. The topological polar surface area (TPSA) is 35.2 Å². The van der Waals surface area contributed by atoms with Gasteiger partial charge >= 0.3 is 0 Å². The zero-order chi connectivity index (χ0) is 13.8. The van der Waals surface area contributed by atoms with Crippen LogP contribution in [-0.2, 0) is 6.42 Å². The first-order valence-electron chi connectivity index (χ1n) is 6.33. The Bertz CT molecular complexity index is 566. The molecule has 0 fully saturated rings. The molecule has 2 nitrogen and oxygen atoms in total. The van der Waals surface area contributed by atoms with Crippen molar-refractivity contribution in [2.45, 2.75) is 26.3 Å². The van der Waals surface area contributed by atoms with Gasteiger partial charge in [0.05, 0.1) is 0 Å². The third-order valence-corrected chi connectivity index (χ3v) is 3.02. The Kier molecular flexibility index (Phi) is 4.46. The number of nitrogens with two attached hydrogens (primary N) is 1. The van der Waals surface area contributed by atoms with Crippen LogP contribution in [0.5, 0.6) is 11.5 Å². The van der Waals surface area contributed by atoms with Crippen molar-refractivity contribution in [3.05, 3.63) is 58.6 Å². The Hall–Kier alpha value is -1.51. The monoisotopic (exact) mass is 275 g/mol. The molecule has 0 radical (unpaired) electrons. The normalized spacial score (nSPS) is 12.2. The lowest BCUT2D eigenvalue weighted by Crippen LogP contribution is -2.18. The van der Waals surface area contributed by atoms with Gasteiger partial charge in [0.25, 0.3) is 0 Å². The molecule has 2 N–H and O–H groups in total. The minimum atomic E-state index is 0.0679. The summed E-state index contributed by atoms with van der Waals surface area (Å²) in [6.07, 6.45) is 0.738. The van der Waals surface area contributed by atoms with Crippen molar-refractivity contribution in [2.75, 3.05) is 0 Å². The summed E-state index contributed by atoms with van der Waals surface area (Å²) in [5.74, 6) is 1.64. The summed E-state index contributed by atoms with van der Waals surface area (Å²) in [6.45, 7) is 4.01. The second kappa shape index (κ2) is 6.09. The molecule has 0 aliphatic rings. The number of halogens is 1. The molecule has 0 aromatic heterocycles. The quantitative estimate of drug-likeness (QED) is 0.901. The van der Waals surface area contributed by atoms with Crippen LogP contribution in [0.1, 0.15) is 18.1 Å². The van der Waals surface area contributed by atoms with Crippen LogP contribution in [0.3, 0.4) is 0 Å². The third kappa shape index (κ3) is 3.98. The lowest BCUT2D eigenvalue weighted by Gasteiger charge is -2.13. The number of aryl methyl sites for hydroxylation is 1. The van der Waals surface area contributed by atoms with Gasteiger partial charge in [0.2, 0.25) is 0 Å². The highest BCUT2D eigenvalue weighted by Gasteiger charge is 2.08. The van der Waals surface area contributed by atoms with Gasteiger partial charge in [-0.1, -0.05) is 23.7 Å². The van der Waals surface area contributed by atoms with E-state index in [1.165, 1.54) is 5.56 Å². The summed E-state index contributed by atoms with van der Waals surface area (Å²) < 4.78 is 5.93. The van der Waals surface area contributed by atoms with E-state index in [-0.39, 0.29) is 6.04 Å². The van der Waals surface area contributed by atoms with E-state index < -0.39 is 0 Å². The van der Waals surface area contributed by atoms with Crippen molar-refractivity contribution in [3.63, 3.8) is 0 Å². The van der Waals surface area contributed by atoms with Crippen LogP contribution in [0.4, 0.5) is 0 Å². The van der Waals surface area contributed by atoms with Crippen LogP contribution in [0.25, 0.3) is 0 Å². The van der Waals surface area contributed by atoms with E-state index >= 15 is 0 Å². The van der Waals surface area contributed by atoms with Crippen LogP contribution < -0.4 is 10.5 Å². The van der Waals surface area contributed by atoms with Crippen LogP contribution in [0, 0.1) is 6.92 Å². The summed E-state index contributed by atoms with van der Waals surface area (Å²) in [7, 11) is 0. The van der Waals surface area contributed by atoms with Crippen molar-refractivity contribution in [1.82, 2.24) is 0 Å². The van der Waals surface area contributed by atoms with Gasteiger partial charge in [-0.25, -0.2) is 0 Å². The van der Waals surface area contributed by atoms with Gasteiger partial charge in [-0.15, -0.1) is 0 Å². The molecule has 1 atom stereocenters. The molecule has 100 valence electrons. The second-order valence-electron chi connectivity index (χ2n) is 4.85. The fourth-order valence-electron chi connectivity index (χ4n) is 1.96. The molecule has 0 heterocycles. The Balaban J connectivity index is 2.28. The zero-order valence-corrected chi connectivity index (χ0v) is 11.9. The molecule has 0 saturated carbocycles. The van der Waals surface area contributed by atoms with Gasteiger partial charge in [-0.3, -0.25) is 0 Å². The van der Waals surface area contributed by atoms with E-state index in [4.69, 9.17) is 22.1 Å². The van der Waals surface area contributed by atoms with Gasteiger partial charge in [0.15, 0.2) is 0 Å². The maximum Gasteiger partial charge on any atom is 0.130 e. The molecule has 0 amide bonds. The number of hydrogen-bond donors (Lipinski definition) is 1. The first-order chi connectivity index (χ1) is 9.04. The van der Waals surface area contributed by atoms with Gasteiger partial charge in [0, 0.05) is 11.1 Å². The van der Waals surface area contributed by atoms with E-state index in [9.17, 15) is 0 Å². The van der Waals surface area contributed by atoms with Crippen LogP contribution in [0.15, 0.2) is 42.5 Å². The van der Waals surface area contributed by atoms with E-state index in [2.05, 4.69) is 0 Å². The summed E-state index contributed by atoms with van der Waals surface area (Å²) in [5, 5.41) is 0.701. The molecule has 3 heteroatoms. The number of rotatable bonds is 4. The molecule has 2 aromatic rings. The van der Waals surface area contributed by atoms with Gasteiger partial charge in [-0.05, 0) is 61.7 Å². The predicted octanol–water partition coefficient (Wildman–Crippen LogP) is 4.33. The van der Waals surface area contributed by atoms with Crippen molar-refractivity contribution < 1.29 is 4.74 Å². The predicted molar refractivity (Wildman–Crippen MR) is 80.1 cm³/mol. The molecule has 2 aromatic carbocycles. The average Bonchev–Trinajstić information content (AvgIpc) is 2.32. The van der Waals surface area contributed by atoms with Gasteiger partial charge < -0.3 is 10.5 Å². The first-order valence-corrected chi connectivity index (χ1v) is 6.71. The number of ether oxygens (including phenoxy) is 1. The first kappa shape index (κ1) is 13.9. The highest BCUT2D eigenvalue weighted by molar-refractivity contribution is 6.30. The van der Waals surface area contributed by atoms with Crippen molar-refractivity contribution in [2.24, 2.45) is 5.73 Å². The Labute approximate surface area is 119 Å². The zero-order valence-electron chi connectivity index (χ0n) is 11.2. The molecular weight excluding hydrogens is 258 g/mol. The Morgan fingerprint density at radius 2 is 2.00 bits per heavy atom. The Morgan fingerprint density at radius 1 is 1.21 bits per heavy atom. The maximum atomic E-state index is 6.03. The molecule has 0 aliphatic carbocycles. The Morgan fingerprint density at radius 3 is 2.68 bits per heavy atom. The summed E-state index contributed by atoms with van der Waals surface area (Å²) in [4.78, 5) is 0. The van der Waals surface area contributed by atoms with E-state index in [0.29, 0.717) is 5.02 Å². The third-order valence-electron chi connectivity index (χ3n) is 2.78. The number of hydrogen-bond acceptors (Lipinski definition) is 2. The second-order valence-corrected chi connectivity index (χ2v) is 5.29.